The van der Waals surface area contributed by atoms with Crippen LogP contribution in [0.5, 0.6) is 11.5 Å². The number of carbonyl (C=O) groups excluding carboxylic acids is 2. The van der Waals surface area contributed by atoms with Crippen molar-refractivity contribution in [3.63, 3.8) is 0 Å². The second-order valence-corrected chi connectivity index (χ2v) is 6.58. The first-order valence-electron chi connectivity index (χ1n) is 9.35. The molecule has 0 radical (unpaired) electrons. The molecule has 0 spiro atoms. The Bertz CT molecular complexity index is 1020. The van der Waals surface area contributed by atoms with Crippen molar-refractivity contribution in [3.05, 3.63) is 89.2 Å². The Labute approximate surface area is 169 Å². The summed E-state index contributed by atoms with van der Waals surface area (Å²) in [6.45, 7) is 2.48. The minimum Gasteiger partial charge on any atom is -0.457 e. The van der Waals surface area contributed by atoms with Crippen LogP contribution in [-0.2, 0) is 6.42 Å². The van der Waals surface area contributed by atoms with Gasteiger partial charge in [0.15, 0.2) is 0 Å². The molecule has 0 aliphatic heterocycles. The summed E-state index contributed by atoms with van der Waals surface area (Å²) in [5, 5.41) is 5.47. The molecule has 1 aromatic heterocycles. The van der Waals surface area contributed by atoms with E-state index in [1.54, 1.807) is 25.2 Å². The van der Waals surface area contributed by atoms with E-state index in [2.05, 4.69) is 15.6 Å². The monoisotopic (exact) mass is 389 g/mol. The lowest BCUT2D eigenvalue weighted by atomic mass is 10.1. The predicted octanol–water partition coefficient (Wildman–Crippen LogP) is 3.51. The van der Waals surface area contributed by atoms with E-state index in [1.165, 1.54) is 6.20 Å². The van der Waals surface area contributed by atoms with E-state index in [0.717, 1.165) is 11.1 Å². The van der Waals surface area contributed by atoms with Gasteiger partial charge in [0.2, 0.25) is 0 Å². The molecule has 6 nitrogen and oxygen atoms in total. The molecule has 2 amide bonds. The average Bonchev–Trinajstić information content (AvgIpc) is 2.73. The highest BCUT2D eigenvalue weighted by molar-refractivity contribution is 5.94. The SMILES string of the molecule is CNC(=O)c1cc(Oc2cccc(CCNC(=O)c3cccc(C)c3)c2)ccn1. The first-order valence-corrected chi connectivity index (χ1v) is 9.35. The third-order valence-corrected chi connectivity index (χ3v) is 4.30. The van der Waals surface area contributed by atoms with Crippen LogP contribution in [0.25, 0.3) is 0 Å². The highest BCUT2D eigenvalue weighted by atomic mass is 16.5. The molecule has 2 N–H and O–H groups in total. The molecule has 6 heteroatoms. The number of nitrogens with one attached hydrogen (secondary N) is 2. The van der Waals surface area contributed by atoms with Crippen molar-refractivity contribution in [1.82, 2.24) is 15.6 Å². The number of amides is 2. The summed E-state index contributed by atoms with van der Waals surface area (Å²) in [6.07, 6.45) is 2.21. The van der Waals surface area contributed by atoms with Crippen LogP contribution in [0.3, 0.4) is 0 Å². The quantitative estimate of drug-likeness (QED) is 0.648. The number of benzene rings is 2. The second-order valence-electron chi connectivity index (χ2n) is 6.58. The molecule has 0 bridgehead atoms. The largest absolute Gasteiger partial charge is 0.457 e. The molecule has 1 heterocycles. The zero-order valence-corrected chi connectivity index (χ0v) is 16.4. The highest BCUT2D eigenvalue weighted by Crippen LogP contribution is 2.22. The minimum atomic E-state index is -0.270. The summed E-state index contributed by atoms with van der Waals surface area (Å²) in [5.41, 5.74) is 3.04. The maximum Gasteiger partial charge on any atom is 0.269 e. The molecule has 29 heavy (non-hydrogen) atoms. The van der Waals surface area contributed by atoms with E-state index >= 15 is 0 Å². The van der Waals surface area contributed by atoms with Crippen molar-refractivity contribution in [2.45, 2.75) is 13.3 Å². The fourth-order valence-electron chi connectivity index (χ4n) is 2.84. The molecule has 0 saturated carbocycles. The molecular formula is C23H23N3O3. The van der Waals surface area contributed by atoms with Crippen molar-refractivity contribution in [2.75, 3.05) is 13.6 Å². The zero-order valence-electron chi connectivity index (χ0n) is 16.4. The van der Waals surface area contributed by atoms with Crippen LogP contribution in [0, 0.1) is 6.92 Å². The third kappa shape index (κ3) is 5.65. The Morgan fingerprint density at radius 2 is 1.76 bits per heavy atom. The molecule has 0 atom stereocenters. The van der Waals surface area contributed by atoms with Gasteiger partial charge in [-0.25, -0.2) is 0 Å². The molecular weight excluding hydrogens is 366 g/mol. The predicted molar refractivity (Wildman–Crippen MR) is 111 cm³/mol. The summed E-state index contributed by atoms with van der Waals surface area (Å²) in [5.74, 6) is 0.832. The molecule has 148 valence electrons. The zero-order chi connectivity index (χ0) is 20.6. The molecule has 0 fully saturated rings. The van der Waals surface area contributed by atoms with E-state index in [9.17, 15) is 9.59 Å². The first-order chi connectivity index (χ1) is 14.0. The molecule has 2 aromatic carbocycles. The van der Waals surface area contributed by atoms with Crippen LogP contribution in [-0.4, -0.2) is 30.4 Å². The van der Waals surface area contributed by atoms with Gasteiger partial charge in [-0.05, 0) is 49.2 Å². The number of aryl methyl sites for hydroxylation is 1. The average molecular weight is 389 g/mol. The summed E-state index contributed by atoms with van der Waals surface area (Å²) in [7, 11) is 1.55. The van der Waals surface area contributed by atoms with Crippen molar-refractivity contribution in [2.24, 2.45) is 0 Å². The fraction of sp³-hybridized carbons (Fsp3) is 0.174. The number of aromatic nitrogens is 1. The molecule has 0 unspecified atom stereocenters. The van der Waals surface area contributed by atoms with Gasteiger partial charge in [-0.1, -0.05) is 29.8 Å². The van der Waals surface area contributed by atoms with E-state index in [-0.39, 0.29) is 11.8 Å². The van der Waals surface area contributed by atoms with Crippen LogP contribution >= 0.6 is 0 Å². The molecule has 0 saturated heterocycles. The number of hydrogen-bond donors (Lipinski definition) is 2. The van der Waals surface area contributed by atoms with Crippen LogP contribution < -0.4 is 15.4 Å². The molecule has 0 aliphatic rings. The number of nitrogens with zero attached hydrogens (tertiary/aromatic N) is 1. The van der Waals surface area contributed by atoms with Gasteiger partial charge in [-0.3, -0.25) is 14.6 Å². The molecule has 0 aliphatic carbocycles. The lowest BCUT2D eigenvalue weighted by Crippen LogP contribution is -2.25. The summed E-state index contributed by atoms with van der Waals surface area (Å²) in [4.78, 5) is 28.0. The summed E-state index contributed by atoms with van der Waals surface area (Å²) >= 11 is 0. The third-order valence-electron chi connectivity index (χ3n) is 4.30. The lowest BCUT2D eigenvalue weighted by Gasteiger charge is -2.09. The van der Waals surface area contributed by atoms with E-state index in [1.807, 2.05) is 49.4 Å². The molecule has 3 rings (SSSR count). The van der Waals surface area contributed by atoms with Gasteiger partial charge in [-0.15, -0.1) is 0 Å². The van der Waals surface area contributed by atoms with Crippen molar-refractivity contribution >= 4 is 11.8 Å². The number of rotatable bonds is 7. The normalized spacial score (nSPS) is 10.3. The van der Waals surface area contributed by atoms with Crippen LogP contribution in [0.4, 0.5) is 0 Å². The smallest absolute Gasteiger partial charge is 0.269 e. The number of carbonyl (C=O) groups is 2. The van der Waals surface area contributed by atoms with Gasteiger partial charge in [0, 0.05) is 31.4 Å². The van der Waals surface area contributed by atoms with Gasteiger partial charge in [0.1, 0.15) is 17.2 Å². The Kier molecular flexibility index (Phi) is 6.58. The number of ether oxygens (including phenoxy) is 1. The summed E-state index contributed by atoms with van der Waals surface area (Å²) in [6, 6.07) is 18.4. The Balaban J connectivity index is 1.58. The van der Waals surface area contributed by atoms with Gasteiger partial charge < -0.3 is 15.4 Å². The van der Waals surface area contributed by atoms with Crippen molar-refractivity contribution in [1.29, 1.82) is 0 Å². The minimum absolute atomic E-state index is 0.0837. The van der Waals surface area contributed by atoms with Crippen molar-refractivity contribution in [3.8, 4) is 11.5 Å². The fourth-order valence-corrected chi connectivity index (χ4v) is 2.84. The van der Waals surface area contributed by atoms with Gasteiger partial charge in [0.05, 0.1) is 0 Å². The van der Waals surface area contributed by atoms with Crippen LogP contribution in [0.2, 0.25) is 0 Å². The first kappa shape index (κ1) is 20.1. The van der Waals surface area contributed by atoms with Gasteiger partial charge in [-0.2, -0.15) is 0 Å². The van der Waals surface area contributed by atoms with Gasteiger partial charge in [0.25, 0.3) is 11.8 Å². The van der Waals surface area contributed by atoms with Gasteiger partial charge >= 0.3 is 0 Å². The topological polar surface area (TPSA) is 80.3 Å². The van der Waals surface area contributed by atoms with Crippen LogP contribution in [0.15, 0.2) is 66.9 Å². The van der Waals surface area contributed by atoms with E-state index < -0.39 is 0 Å². The van der Waals surface area contributed by atoms with Crippen molar-refractivity contribution < 1.29 is 14.3 Å². The number of hydrogen-bond acceptors (Lipinski definition) is 4. The lowest BCUT2D eigenvalue weighted by molar-refractivity contribution is 0.0947. The van der Waals surface area contributed by atoms with Crippen LogP contribution in [0.1, 0.15) is 32.0 Å². The van der Waals surface area contributed by atoms with E-state index in [0.29, 0.717) is 35.7 Å². The van der Waals surface area contributed by atoms with E-state index in [4.69, 9.17) is 4.74 Å². The Hall–Kier alpha value is -3.67. The molecule has 3 aromatic rings. The Morgan fingerprint density at radius 3 is 2.55 bits per heavy atom. The maximum atomic E-state index is 12.2. The second kappa shape index (κ2) is 9.50. The number of pyridine rings is 1. The standard InChI is InChI=1S/C23H23N3O3/c1-16-5-3-7-18(13-16)22(27)26-11-9-17-6-4-8-19(14-17)29-20-10-12-25-21(15-20)23(28)24-2/h3-8,10,12-15H,9,11H2,1-2H3,(H,24,28)(H,26,27). The highest BCUT2D eigenvalue weighted by Gasteiger charge is 2.08. The maximum absolute atomic E-state index is 12.2. The Morgan fingerprint density at radius 1 is 0.966 bits per heavy atom. The summed E-state index contributed by atoms with van der Waals surface area (Å²) < 4.78 is 5.86.